The van der Waals surface area contributed by atoms with Gasteiger partial charge in [0.2, 0.25) is 0 Å². The van der Waals surface area contributed by atoms with E-state index in [-0.39, 0.29) is 6.04 Å². The molecular formula is C16H20N2O2. The van der Waals surface area contributed by atoms with Gasteiger partial charge in [-0.1, -0.05) is 36.4 Å². The summed E-state index contributed by atoms with van der Waals surface area (Å²) < 4.78 is 4.94. The Balaban J connectivity index is 2.13. The highest BCUT2D eigenvalue weighted by atomic mass is 16.5. The highest BCUT2D eigenvalue weighted by molar-refractivity contribution is 5.27. The predicted molar refractivity (Wildman–Crippen MR) is 78.4 cm³/mol. The number of nitrogens with one attached hydrogen (secondary N) is 1. The molecule has 0 bridgehead atoms. The van der Waals surface area contributed by atoms with Crippen molar-refractivity contribution in [2.45, 2.75) is 12.1 Å². The molecular weight excluding hydrogens is 252 g/mol. The second-order valence-corrected chi connectivity index (χ2v) is 4.62. The number of hydrogen-bond acceptors (Lipinski definition) is 4. The van der Waals surface area contributed by atoms with Gasteiger partial charge in [0.15, 0.2) is 0 Å². The maximum atomic E-state index is 9.78. The summed E-state index contributed by atoms with van der Waals surface area (Å²) >= 11 is 0. The van der Waals surface area contributed by atoms with Crippen molar-refractivity contribution in [3.8, 4) is 0 Å². The maximum absolute atomic E-state index is 9.78. The molecule has 0 radical (unpaired) electrons. The Bertz CT molecular complexity index is 451. The van der Waals surface area contributed by atoms with E-state index < -0.39 is 6.10 Å². The number of nitrogens with zero attached hydrogens (tertiary/aromatic N) is 1. The van der Waals surface area contributed by atoms with Crippen LogP contribution in [-0.4, -0.2) is 36.5 Å². The van der Waals surface area contributed by atoms with Crippen LogP contribution >= 0.6 is 0 Å². The molecule has 1 aromatic heterocycles. The van der Waals surface area contributed by atoms with Gasteiger partial charge in [0.25, 0.3) is 0 Å². The second-order valence-electron chi connectivity index (χ2n) is 4.62. The Morgan fingerprint density at radius 1 is 1.15 bits per heavy atom. The number of benzene rings is 1. The Labute approximate surface area is 119 Å². The zero-order valence-corrected chi connectivity index (χ0v) is 11.6. The molecule has 2 N–H and O–H groups in total. The first-order chi connectivity index (χ1) is 9.81. The normalized spacial score (nSPS) is 13.9. The lowest BCUT2D eigenvalue weighted by atomic mass is 10.0. The standard InChI is InChI=1S/C16H20N2O2/c1-20-12-14(19)11-18-16(13-7-3-2-4-8-13)15-9-5-6-10-17-15/h2-10,14,16,18-19H,11-12H2,1H3. The van der Waals surface area contributed by atoms with Crippen LogP contribution in [0.5, 0.6) is 0 Å². The number of aliphatic hydroxyl groups excluding tert-OH is 1. The average Bonchev–Trinajstić information content (AvgIpc) is 2.50. The van der Waals surface area contributed by atoms with Crippen LogP contribution in [0.15, 0.2) is 54.7 Å². The fourth-order valence-corrected chi connectivity index (χ4v) is 2.09. The molecule has 0 saturated carbocycles. The van der Waals surface area contributed by atoms with E-state index in [0.717, 1.165) is 11.3 Å². The molecule has 4 nitrogen and oxygen atoms in total. The topological polar surface area (TPSA) is 54.4 Å². The summed E-state index contributed by atoms with van der Waals surface area (Å²) in [5.74, 6) is 0. The molecule has 20 heavy (non-hydrogen) atoms. The lowest BCUT2D eigenvalue weighted by Gasteiger charge is -2.20. The molecule has 0 fully saturated rings. The Hall–Kier alpha value is -1.75. The number of methoxy groups -OCH3 is 1. The van der Waals surface area contributed by atoms with Crippen LogP contribution in [0.2, 0.25) is 0 Å². The summed E-state index contributed by atoms with van der Waals surface area (Å²) in [6.07, 6.45) is 1.24. The number of pyridine rings is 1. The largest absolute Gasteiger partial charge is 0.389 e. The third-order valence-electron chi connectivity index (χ3n) is 3.03. The SMILES string of the molecule is COCC(O)CNC(c1ccccc1)c1ccccn1. The quantitative estimate of drug-likeness (QED) is 0.806. The van der Waals surface area contributed by atoms with Gasteiger partial charge < -0.3 is 15.2 Å². The summed E-state index contributed by atoms with van der Waals surface area (Å²) in [5, 5.41) is 13.1. The van der Waals surface area contributed by atoms with E-state index in [1.54, 1.807) is 13.3 Å². The first-order valence-electron chi connectivity index (χ1n) is 6.67. The molecule has 4 heteroatoms. The summed E-state index contributed by atoms with van der Waals surface area (Å²) in [7, 11) is 1.58. The first-order valence-corrected chi connectivity index (χ1v) is 6.67. The monoisotopic (exact) mass is 272 g/mol. The van der Waals surface area contributed by atoms with Gasteiger partial charge in [-0.3, -0.25) is 4.98 Å². The smallest absolute Gasteiger partial charge is 0.0897 e. The van der Waals surface area contributed by atoms with E-state index in [9.17, 15) is 5.11 Å². The summed E-state index contributed by atoms with van der Waals surface area (Å²) in [6.45, 7) is 0.765. The number of rotatable bonds is 7. The second kappa shape index (κ2) is 7.75. The van der Waals surface area contributed by atoms with Crippen molar-refractivity contribution in [1.82, 2.24) is 10.3 Å². The predicted octanol–water partition coefficient (Wildman–Crippen LogP) is 1.77. The van der Waals surface area contributed by atoms with Crippen molar-refractivity contribution in [3.63, 3.8) is 0 Å². The first kappa shape index (κ1) is 14.7. The highest BCUT2D eigenvalue weighted by Gasteiger charge is 2.16. The van der Waals surface area contributed by atoms with Gasteiger partial charge in [-0.2, -0.15) is 0 Å². The Morgan fingerprint density at radius 3 is 2.55 bits per heavy atom. The Kier molecular flexibility index (Phi) is 5.68. The van der Waals surface area contributed by atoms with Crippen molar-refractivity contribution < 1.29 is 9.84 Å². The molecule has 2 atom stereocenters. The zero-order valence-electron chi connectivity index (χ0n) is 11.6. The van der Waals surface area contributed by atoms with Crippen molar-refractivity contribution in [2.24, 2.45) is 0 Å². The van der Waals surface area contributed by atoms with Crippen molar-refractivity contribution in [2.75, 3.05) is 20.3 Å². The van der Waals surface area contributed by atoms with Crippen LogP contribution in [0.3, 0.4) is 0 Å². The van der Waals surface area contributed by atoms with Crippen LogP contribution in [0.25, 0.3) is 0 Å². The van der Waals surface area contributed by atoms with Crippen molar-refractivity contribution in [1.29, 1.82) is 0 Å². The fraction of sp³-hybridized carbons (Fsp3) is 0.312. The minimum Gasteiger partial charge on any atom is -0.389 e. The van der Waals surface area contributed by atoms with Crippen molar-refractivity contribution >= 4 is 0 Å². The molecule has 2 unspecified atom stereocenters. The van der Waals surface area contributed by atoms with Gasteiger partial charge in [0.1, 0.15) is 0 Å². The fourth-order valence-electron chi connectivity index (χ4n) is 2.09. The molecule has 2 aromatic rings. The van der Waals surface area contributed by atoms with E-state index in [1.807, 2.05) is 36.4 Å². The van der Waals surface area contributed by atoms with Crippen molar-refractivity contribution in [3.05, 3.63) is 66.0 Å². The van der Waals surface area contributed by atoms with E-state index in [2.05, 4.69) is 22.4 Å². The minimum absolute atomic E-state index is 0.0380. The molecule has 106 valence electrons. The van der Waals surface area contributed by atoms with Gasteiger partial charge in [-0.15, -0.1) is 0 Å². The summed E-state index contributed by atoms with van der Waals surface area (Å²) in [6, 6.07) is 15.9. The van der Waals surface area contributed by atoms with Crippen LogP contribution < -0.4 is 5.32 Å². The third kappa shape index (κ3) is 4.13. The lowest BCUT2D eigenvalue weighted by Crippen LogP contribution is -2.33. The van der Waals surface area contributed by atoms with Gasteiger partial charge in [-0.25, -0.2) is 0 Å². The minimum atomic E-state index is -0.532. The molecule has 0 spiro atoms. The van der Waals surface area contributed by atoms with Crippen LogP contribution in [-0.2, 0) is 4.74 Å². The molecule has 0 amide bonds. The number of aromatic nitrogens is 1. The summed E-state index contributed by atoms with van der Waals surface area (Å²) in [4.78, 5) is 4.40. The molecule has 0 aliphatic carbocycles. The molecule has 0 aliphatic heterocycles. The third-order valence-corrected chi connectivity index (χ3v) is 3.03. The molecule has 0 saturated heterocycles. The van der Waals surface area contributed by atoms with Crippen LogP contribution in [0.1, 0.15) is 17.3 Å². The molecule has 0 aliphatic rings. The van der Waals surface area contributed by atoms with Crippen LogP contribution in [0.4, 0.5) is 0 Å². The lowest BCUT2D eigenvalue weighted by molar-refractivity contribution is 0.0634. The van der Waals surface area contributed by atoms with Gasteiger partial charge in [0, 0.05) is 19.9 Å². The average molecular weight is 272 g/mol. The molecule has 1 aromatic carbocycles. The van der Waals surface area contributed by atoms with Gasteiger partial charge in [0.05, 0.1) is 24.4 Å². The van der Waals surface area contributed by atoms with Gasteiger partial charge in [-0.05, 0) is 17.7 Å². The van der Waals surface area contributed by atoms with E-state index >= 15 is 0 Å². The molecule has 2 rings (SSSR count). The number of aliphatic hydroxyl groups is 1. The van der Waals surface area contributed by atoms with E-state index in [0.29, 0.717) is 13.2 Å². The number of hydrogen-bond donors (Lipinski definition) is 2. The van der Waals surface area contributed by atoms with E-state index in [1.165, 1.54) is 0 Å². The van der Waals surface area contributed by atoms with Crippen LogP contribution in [0, 0.1) is 0 Å². The Morgan fingerprint density at radius 2 is 1.90 bits per heavy atom. The maximum Gasteiger partial charge on any atom is 0.0897 e. The summed E-state index contributed by atoms with van der Waals surface area (Å²) in [5.41, 5.74) is 2.05. The highest BCUT2D eigenvalue weighted by Crippen LogP contribution is 2.19. The van der Waals surface area contributed by atoms with E-state index in [4.69, 9.17) is 4.74 Å². The van der Waals surface area contributed by atoms with Gasteiger partial charge >= 0.3 is 0 Å². The molecule has 1 heterocycles. The number of ether oxygens (including phenoxy) is 1. The zero-order chi connectivity index (χ0) is 14.2.